The molecule has 7 heteroatoms. The first kappa shape index (κ1) is 19.9. The Balaban J connectivity index is 1.60. The largest absolute Gasteiger partial charge is 0.366 e. The Kier molecular flexibility index (Phi) is 6.90. The van der Waals surface area contributed by atoms with Crippen LogP contribution in [-0.2, 0) is 0 Å². The second kappa shape index (κ2) is 9.37. The summed E-state index contributed by atoms with van der Waals surface area (Å²) in [4.78, 5) is 14.1. The number of nitrogens with one attached hydrogen (secondary N) is 1. The third-order valence-electron chi connectivity index (χ3n) is 5.54. The Morgan fingerprint density at radius 3 is 2.56 bits per heavy atom. The van der Waals surface area contributed by atoms with Crippen molar-refractivity contribution in [2.75, 3.05) is 77.9 Å². The van der Waals surface area contributed by atoms with E-state index in [4.69, 9.17) is 4.99 Å². The Labute approximate surface area is 162 Å². The van der Waals surface area contributed by atoms with Gasteiger partial charge in [-0.1, -0.05) is 12.1 Å². The number of hydrogen-bond donors (Lipinski definition) is 1. The fourth-order valence-corrected chi connectivity index (χ4v) is 3.78. The minimum atomic E-state index is -0.143. The first-order chi connectivity index (χ1) is 13.1. The molecular formula is C20H33FN6. The smallest absolute Gasteiger partial charge is 0.194 e. The second-order valence-corrected chi connectivity index (χ2v) is 7.52. The molecule has 0 spiro atoms. The molecule has 2 heterocycles. The third-order valence-corrected chi connectivity index (χ3v) is 5.54. The fourth-order valence-electron chi connectivity index (χ4n) is 3.78. The average Bonchev–Trinajstić information content (AvgIpc) is 2.68. The zero-order chi connectivity index (χ0) is 19.2. The molecule has 2 saturated heterocycles. The number of guanidine groups is 1. The lowest BCUT2D eigenvalue weighted by Crippen LogP contribution is -2.54. The van der Waals surface area contributed by atoms with Gasteiger partial charge < -0.3 is 20.0 Å². The van der Waals surface area contributed by atoms with Crippen LogP contribution in [-0.4, -0.2) is 99.7 Å². The summed E-state index contributed by atoms with van der Waals surface area (Å²) in [5.74, 6) is 0.836. The number of para-hydroxylation sites is 1. The van der Waals surface area contributed by atoms with E-state index in [0.717, 1.165) is 64.9 Å². The van der Waals surface area contributed by atoms with Crippen LogP contribution < -0.4 is 10.2 Å². The van der Waals surface area contributed by atoms with Crippen molar-refractivity contribution < 1.29 is 4.39 Å². The van der Waals surface area contributed by atoms with E-state index >= 15 is 0 Å². The van der Waals surface area contributed by atoms with Crippen molar-refractivity contribution in [3.8, 4) is 0 Å². The topological polar surface area (TPSA) is 37.4 Å². The number of benzene rings is 1. The second-order valence-electron chi connectivity index (χ2n) is 7.52. The first-order valence-corrected chi connectivity index (χ1v) is 10.00. The minimum Gasteiger partial charge on any atom is -0.366 e. The van der Waals surface area contributed by atoms with Gasteiger partial charge in [0.15, 0.2) is 5.96 Å². The molecule has 1 aromatic carbocycles. The number of hydrogen-bond acceptors (Lipinski definition) is 4. The van der Waals surface area contributed by atoms with Crippen LogP contribution in [0.2, 0.25) is 0 Å². The number of piperazine rings is 2. The molecule has 0 aliphatic carbocycles. The summed E-state index contributed by atoms with van der Waals surface area (Å²) in [5, 5.41) is 3.44. The van der Waals surface area contributed by atoms with Crippen molar-refractivity contribution in [3.63, 3.8) is 0 Å². The average molecular weight is 377 g/mol. The maximum absolute atomic E-state index is 14.0. The van der Waals surface area contributed by atoms with Crippen LogP contribution in [0, 0.1) is 5.82 Å². The highest BCUT2D eigenvalue weighted by molar-refractivity contribution is 5.80. The van der Waals surface area contributed by atoms with Crippen molar-refractivity contribution in [2.24, 2.45) is 4.99 Å². The zero-order valence-electron chi connectivity index (χ0n) is 16.9. The zero-order valence-corrected chi connectivity index (χ0v) is 16.9. The minimum absolute atomic E-state index is 0.143. The third kappa shape index (κ3) is 5.11. The molecule has 0 radical (unpaired) electrons. The molecular weight excluding hydrogens is 343 g/mol. The van der Waals surface area contributed by atoms with Crippen LogP contribution in [0.3, 0.4) is 0 Å². The molecule has 0 aromatic heterocycles. The number of rotatable bonds is 4. The van der Waals surface area contributed by atoms with E-state index in [1.165, 1.54) is 6.07 Å². The molecule has 2 fully saturated rings. The summed E-state index contributed by atoms with van der Waals surface area (Å²) in [7, 11) is 4.37. The quantitative estimate of drug-likeness (QED) is 0.631. The highest BCUT2D eigenvalue weighted by Crippen LogP contribution is 2.20. The van der Waals surface area contributed by atoms with Gasteiger partial charge in [-0.05, 0) is 33.2 Å². The predicted octanol–water partition coefficient (Wildman–Crippen LogP) is 1.16. The van der Waals surface area contributed by atoms with Crippen molar-refractivity contribution in [1.82, 2.24) is 20.0 Å². The molecule has 3 rings (SSSR count). The Morgan fingerprint density at radius 1 is 1.11 bits per heavy atom. The molecule has 6 nitrogen and oxygen atoms in total. The van der Waals surface area contributed by atoms with Crippen LogP contribution >= 0.6 is 0 Å². The van der Waals surface area contributed by atoms with E-state index in [9.17, 15) is 4.39 Å². The van der Waals surface area contributed by atoms with Gasteiger partial charge in [0.05, 0.1) is 12.2 Å². The normalized spacial score (nSPS) is 23.0. The Hall–Kier alpha value is -1.86. The number of anilines is 1. The van der Waals surface area contributed by atoms with Crippen LogP contribution in [0.25, 0.3) is 0 Å². The van der Waals surface area contributed by atoms with E-state index in [2.05, 4.69) is 45.9 Å². The Morgan fingerprint density at radius 2 is 1.85 bits per heavy atom. The molecule has 1 atom stereocenters. The van der Waals surface area contributed by atoms with Crippen molar-refractivity contribution >= 4 is 11.6 Å². The van der Waals surface area contributed by atoms with Crippen molar-refractivity contribution in [3.05, 3.63) is 30.1 Å². The summed E-state index contributed by atoms with van der Waals surface area (Å²) in [6.07, 6.45) is 0. The van der Waals surface area contributed by atoms with Crippen LogP contribution in [0.5, 0.6) is 0 Å². The Bertz CT molecular complexity index is 629. The SMILES string of the molecule is CCNC(=NCC1CN(C)CCN1C)N1CCN(c2ccccc2F)CC1. The van der Waals surface area contributed by atoms with E-state index in [-0.39, 0.29) is 5.82 Å². The molecule has 0 amide bonds. The van der Waals surface area contributed by atoms with Crippen LogP contribution in [0.15, 0.2) is 29.3 Å². The standard InChI is InChI=1S/C20H33FN6/c1-4-22-20(23-15-17-16-24(2)9-10-25(17)3)27-13-11-26(12-14-27)19-8-6-5-7-18(19)21/h5-8,17H,4,9-16H2,1-3H3,(H,22,23). The van der Waals surface area contributed by atoms with Gasteiger partial charge in [-0.3, -0.25) is 9.89 Å². The molecule has 1 N–H and O–H groups in total. The van der Waals surface area contributed by atoms with Crippen LogP contribution in [0.4, 0.5) is 10.1 Å². The lowest BCUT2D eigenvalue weighted by molar-refractivity contribution is 0.119. The maximum Gasteiger partial charge on any atom is 0.194 e. The molecule has 150 valence electrons. The number of likely N-dealkylation sites (N-methyl/N-ethyl adjacent to an activating group) is 2. The predicted molar refractivity (Wildman–Crippen MR) is 110 cm³/mol. The summed E-state index contributed by atoms with van der Waals surface area (Å²) < 4.78 is 14.0. The molecule has 0 saturated carbocycles. The van der Waals surface area contributed by atoms with Crippen molar-refractivity contribution in [2.45, 2.75) is 13.0 Å². The molecule has 1 aromatic rings. The highest BCUT2D eigenvalue weighted by Gasteiger charge is 2.24. The molecule has 1 unspecified atom stereocenters. The van der Waals surface area contributed by atoms with Gasteiger partial charge in [-0.15, -0.1) is 0 Å². The van der Waals surface area contributed by atoms with E-state index in [1.54, 1.807) is 6.07 Å². The molecule has 2 aliphatic rings. The highest BCUT2D eigenvalue weighted by atomic mass is 19.1. The van der Waals surface area contributed by atoms with E-state index in [1.807, 2.05) is 12.1 Å². The van der Waals surface area contributed by atoms with E-state index < -0.39 is 0 Å². The maximum atomic E-state index is 14.0. The number of nitrogens with zero attached hydrogens (tertiary/aromatic N) is 5. The fraction of sp³-hybridized carbons (Fsp3) is 0.650. The van der Waals surface area contributed by atoms with Gasteiger partial charge in [0.25, 0.3) is 0 Å². The summed E-state index contributed by atoms with van der Waals surface area (Å²) >= 11 is 0. The van der Waals surface area contributed by atoms with Gasteiger partial charge in [0.2, 0.25) is 0 Å². The van der Waals surface area contributed by atoms with Crippen LogP contribution in [0.1, 0.15) is 6.92 Å². The van der Waals surface area contributed by atoms with Gasteiger partial charge >= 0.3 is 0 Å². The summed E-state index contributed by atoms with van der Waals surface area (Å²) in [6.45, 7) is 10.3. The lowest BCUT2D eigenvalue weighted by Gasteiger charge is -2.39. The van der Waals surface area contributed by atoms with E-state index in [0.29, 0.717) is 11.7 Å². The number of aliphatic imine (C=N–C) groups is 1. The molecule has 0 bridgehead atoms. The van der Waals surface area contributed by atoms with Gasteiger partial charge in [-0.25, -0.2) is 4.39 Å². The monoisotopic (exact) mass is 376 g/mol. The summed E-state index contributed by atoms with van der Waals surface area (Å²) in [6, 6.07) is 7.49. The number of halogens is 1. The van der Waals surface area contributed by atoms with Gasteiger partial charge in [0.1, 0.15) is 5.82 Å². The van der Waals surface area contributed by atoms with Gasteiger partial charge in [0, 0.05) is 58.4 Å². The first-order valence-electron chi connectivity index (χ1n) is 10.00. The van der Waals surface area contributed by atoms with Gasteiger partial charge in [-0.2, -0.15) is 0 Å². The van der Waals surface area contributed by atoms with Crippen molar-refractivity contribution in [1.29, 1.82) is 0 Å². The summed E-state index contributed by atoms with van der Waals surface area (Å²) in [5.41, 5.74) is 0.700. The lowest BCUT2D eigenvalue weighted by atomic mass is 10.2. The molecule has 2 aliphatic heterocycles. The molecule has 27 heavy (non-hydrogen) atoms.